The van der Waals surface area contributed by atoms with Gasteiger partial charge in [0.25, 0.3) is 5.91 Å². The summed E-state index contributed by atoms with van der Waals surface area (Å²) in [5.74, 6) is 1.43. The van der Waals surface area contributed by atoms with Gasteiger partial charge in [0.05, 0.1) is 0 Å². The Hall–Kier alpha value is -1.96. The molecule has 1 unspecified atom stereocenters. The Balaban J connectivity index is 0.00000156. The van der Waals surface area contributed by atoms with Crippen molar-refractivity contribution in [3.05, 3.63) is 30.3 Å². The Kier molecular flexibility index (Phi) is 8.02. The molecule has 3 N–H and O–H groups in total. The molecule has 0 saturated carbocycles. The SMILES string of the molecule is CC(N)CCNC(=O)c1ncoc1-c1ccc2c(c1)OCCO2.Cl.Cl. The van der Waals surface area contributed by atoms with Gasteiger partial charge in [0.2, 0.25) is 0 Å². The van der Waals surface area contributed by atoms with E-state index in [0.717, 1.165) is 0 Å². The number of aromatic nitrogens is 1. The minimum Gasteiger partial charge on any atom is -0.486 e. The molecule has 25 heavy (non-hydrogen) atoms. The predicted octanol–water partition coefficient (Wildman–Crippen LogP) is 2.42. The van der Waals surface area contributed by atoms with Crippen LogP contribution in [0.15, 0.2) is 29.0 Å². The zero-order valence-corrected chi connectivity index (χ0v) is 15.3. The summed E-state index contributed by atoms with van der Waals surface area (Å²) in [7, 11) is 0. The van der Waals surface area contributed by atoms with Gasteiger partial charge in [-0.2, -0.15) is 0 Å². The molecule has 1 atom stereocenters. The highest BCUT2D eigenvalue weighted by Gasteiger charge is 2.20. The number of nitrogens with zero attached hydrogens (tertiary/aromatic N) is 1. The van der Waals surface area contributed by atoms with Crippen molar-refractivity contribution < 1.29 is 18.7 Å². The number of hydrogen-bond donors (Lipinski definition) is 2. The number of halogens is 2. The minimum absolute atomic E-state index is 0. The number of amides is 1. The van der Waals surface area contributed by atoms with Gasteiger partial charge < -0.3 is 24.9 Å². The molecule has 1 aromatic carbocycles. The predicted molar refractivity (Wildman–Crippen MR) is 98.0 cm³/mol. The Morgan fingerprint density at radius 1 is 1.28 bits per heavy atom. The smallest absolute Gasteiger partial charge is 0.273 e. The zero-order chi connectivity index (χ0) is 16.2. The van der Waals surface area contributed by atoms with E-state index in [9.17, 15) is 4.79 Å². The molecule has 138 valence electrons. The lowest BCUT2D eigenvalue weighted by molar-refractivity contribution is 0.0948. The van der Waals surface area contributed by atoms with Gasteiger partial charge in [-0.15, -0.1) is 24.8 Å². The first-order valence-electron chi connectivity index (χ1n) is 7.52. The molecule has 0 fully saturated rings. The first-order valence-corrected chi connectivity index (χ1v) is 7.52. The molecular formula is C16H21Cl2N3O4. The van der Waals surface area contributed by atoms with Crippen LogP contribution in [0.1, 0.15) is 23.8 Å². The molecule has 0 aliphatic carbocycles. The van der Waals surface area contributed by atoms with Gasteiger partial charge in [-0.25, -0.2) is 4.98 Å². The van der Waals surface area contributed by atoms with Crippen LogP contribution in [0.3, 0.4) is 0 Å². The number of hydrogen-bond acceptors (Lipinski definition) is 6. The summed E-state index contributed by atoms with van der Waals surface area (Å²) < 4.78 is 16.4. The quantitative estimate of drug-likeness (QED) is 0.814. The van der Waals surface area contributed by atoms with Gasteiger partial charge in [0.15, 0.2) is 29.3 Å². The van der Waals surface area contributed by atoms with Gasteiger partial charge >= 0.3 is 0 Å². The number of carbonyl (C=O) groups is 1. The monoisotopic (exact) mass is 389 g/mol. The third kappa shape index (κ3) is 5.01. The van der Waals surface area contributed by atoms with Gasteiger partial charge in [-0.05, 0) is 31.5 Å². The highest BCUT2D eigenvalue weighted by atomic mass is 35.5. The highest BCUT2D eigenvalue weighted by Crippen LogP contribution is 2.35. The minimum atomic E-state index is -0.288. The zero-order valence-electron chi connectivity index (χ0n) is 13.7. The van der Waals surface area contributed by atoms with Gasteiger partial charge in [0, 0.05) is 18.2 Å². The van der Waals surface area contributed by atoms with Crippen molar-refractivity contribution in [1.82, 2.24) is 10.3 Å². The van der Waals surface area contributed by atoms with E-state index in [1.807, 2.05) is 13.0 Å². The van der Waals surface area contributed by atoms with Crippen molar-refractivity contribution >= 4 is 30.7 Å². The van der Waals surface area contributed by atoms with Crippen molar-refractivity contribution in [2.45, 2.75) is 19.4 Å². The van der Waals surface area contributed by atoms with E-state index in [0.29, 0.717) is 49.0 Å². The van der Waals surface area contributed by atoms with E-state index < -0.39 is 0 Å². The molecule has 2 aromatic rings. The topological polar surface area (TPSA) is 99.6 Å². The molecule has 1 aliphatic heterocycles. The van der Waals surface area contributed by atoms with Crippen LogP contribution in [-0.4, -0.2) is 36.7 Å². The van der Waals surface area contributed by atoms with Crippen LogP contribution in [0.4, 0.5) is 0 Å². The van der Waals surface area contributed by atoms with Crippen LogP contribution in [-0.2, 0) is 0 Å². The number of fused-ring (bicyclic) bond motifs is 1. The van der Waals surface area contributed by atoms with Crippen LogP contribution in [0.5, 0.6) is 11.5 Å². The number of benzene rings is 1. The van der Waals surface area contributed by atoms with E-state index >= 15 is 0 Å². The second-order valence-corrected chi connectivity index (χ2v) is 5.41. The van der Waals surface area contributed by atoms with Gasteiger partial charge in [-0.1, -0.05) is 0 Å². The fraction of sp³-hybridized carbons (Fsp3) is 0.375. The van der Waals surface area contributed by atoms with E-state index in [4.69, 9.17) is 19.6 Å². The largest absolute Gasteiger partial charge is 0.486 e. The van der Waals surface area contributed by atoms with E-state index in [2.05, 4.69) is 10.3 Å². The number of nitrogens with one attached hydrogen (secondary N) is 1. The molecule has 0 spiro atoms. The molecule has 0 bridgehead atoms. The Bertz CT molecular complexity index is 706. The molecule has 9 heteroatoms. The first kappa shape index (κ1) is 21.1. The van der Waals surface area contributed by atoms with Gasteiger partial charge in [0.1, 0.15) is 13.2 Å². The van der Waals surface area contributed by atoms with Crippen molar-refractivity contribution in [2.75, 3.05) is 19.8 Å². The fourth-order valence-electron chi connectivity index (χ4n) is 2.29. The summed E-state index contributed by atoms with van der Waals surface area (Å²) in [6.45, 7) is 3.41. The third-order valence-electron chi connectivity index (χ3n) is 3.47. The number of rotatable bonds is 5. The lowest BCUT2D eigenvalue weighted by atomic mass is 10.1. The number of nitrogens with two attached hydrogens (primary N) is 1. The molecule has 0 radical (unpaired) electrons. The van der Waals surface area contributed by atoms with Crippen LogP contribution < -0.4 is 20.5 Å². The number of ether oxygens (including phenoxy) is 2. The molecule has 3 rings (SSSR count). The Labute approximate surface area is 158 Å². The summed E-state index contributed by atoms with van der Waals surface area (Å²) >= 11 is 0. The summed E-state index contributed by atoms with van der Waals surface area (Å²) in [6.07, 6.45) is 1.95. The second-order valence-electron chi connectivity index (χ2n) is 5.41. The second kappa shape index (κ2) is 9.50. The Morgan fingerprint density at radius 2 is 2.00 bits per heavy atom. The van der Waals surface area contributed by atoms with E-state index in [1.165, 1.54) is 6.39 Å². The fourth-order valence-corrected chi connectivity index (χ4v) is 2.29. The number of oxazole rings is 1. The molecule has 1 amide bonds. The lowest BCUT2D eigenvalue weighted by Crippen LogP contribution is -2.29. The van der Waals surface area contributed by atoms with Crippen LogP contribution in [0.2, 0.25) is 0 Å². The molecule has 1 aliphatic rings. The van der Waals surface area contributed by atoms with Crippen molar-refractivity contribution in [1.29, 1.82) is 0 Å². The van der Waals surface area contributed by atoms with Crippen molar-refractivity contribution in [2.24, 2.45) is 5.73 Å². The van der Waals surface area contributed by atoms with Crippen LogP contribution >= 0.6 is 24.8 Å². The maximum Gasteiger partial charge on any atom is 0.273 e. The summed E-state index contributed by atoms with van der Waals surface area (Å²) in [5, 5.41) is 2.79. The first-order chi connectivity index (χ1) is 11.1. The average molecular weight is 390 g/mol. The normalized spacial score (nSPS) is 13.2. The van der Waals surface area contributed by atoms with E-state index in [-0.39, 0.29) is 42.5 Å². The van der Waals surface area contributed by atoms with Crippen LogP contribution in [0.25, 0.3) is 11.3 Å². The summed E-state index contributed by atoms with van der Waals surface area (Å²) in [5.41, 5.74) is 6.63. The molecular weight excluding hydrogens is 369 g/mol. The third-order valence-corrected chi connectivity index (χ3v) is 3.47. The maximum atomic E-state index is 12.2. The summed E-state index contributed by atoms with van der Waals surface area (Å²) in [4.78, 5) is 16.3. The summed E-state index contributed by atoms with van der Waals surface area (Å²) in [6, 6.07) is 5.43. The molecule has 7 nitrogen and oxygen atoms in total. The Morgan fingerprint density at radius 3 is 2.72 bits per heavy atom. The van der Waals surface area contributed by atoms with E-state index in [1.54, 1.807) is 12.1 Å². The van der Waals surface area contributed by atoms with Crippen molar-refractivity contribution in [3.8, 4) is 22.8 Å². The maximum absolute atomic E-state index is 12.2. The van der Waals surface area contributed by atoms with Crippen LogP contribution in [0, 0.1) is 0 Å². The lowest BCUT2D eigenvalue weighted by Gasteiger charge is -2.18. The van der Waals surface area contributed by atoms with Gasteiger partial charge in [-0.3, -0.25) is 4.79 Å². The van der Waals surface area contributed by atoms with Crippen molar-refractivity contribution in [3.63, 3.8) is 0 Å². The molecule has 1 aromatic heterocycles. The molecule has 2 heterocycles. The number of carbonyl (C=O) groups excluding carboxylic acids is 1. The standard InChI is InChI=1S/C16H19N3O4.2ClH/c1-10(17)4-5-18-16(20)14-15(23-9-19-14)11-2-3-12-13(8-11)22-7-6-21-12;;/h2-3,8-10H,4-7,17H2,1H3,(H,18,20);2*1H. The average Bonchev–Trinajstić information content (AvgIpc) is 3.03. The highest BCUT2D eigenvalue weighted by molar-refractivity contribution is 5.97. The molecule has 0 saturated heterocycles.